The lowest BCUT2D eigenvalue weighted by atomic mass is 9.98. The van der Waals surface area contributed by atoms with Crippen molar-refractivity contribution in [2.24, 2.45) is 0 Å². The molecule has 0 aliphatic rings. The summed E-state index contributed by atoms with van der Waals surface area (Å²) in [6, 6.07) is 8.66. The average molecular weight is 309 g/mol. The molecule has 0 aliphatic carbocycles. The summed E-state index contributed by atoms with van der Waals surface area (Å²) in [4.78, 5) is 19.0. The number of pyridine rings is 2. The highest BCUT2D eigenvalue weighted by Crippen LogP contribution is 2.39. The van der Waals surface area contributed by atoms with Crippen LogP contribution in [0.5, 0.6) is 5.75 Å². The third kappa shape index (κ3) is 1.78. The number of hydrogen-bond acceptors (Lipinski definition) is 5. The van der Waals surface area contributed by atoms with Crippen molar-refractivity contribution in [3.63, 3.8) is 0 Å². The van der Waals surface area contributed by atoms with E-state index >= 15 is 0 Å². The number of phenolic OH excluding ortho intramolecular Hbond substituents is 1. The van der Waals surface area contributed by atoms with Gasteiger partial charge in [0.05, 0.1) is 0 Å². The molecule has 0 spiro atoms. The second-order valence-corrected chi connectivity index (χ2v) is 5.89. The number of aromatic nitrogens is 2. The number of anilines is 1. The molecule has 0 amide bonds. The lowest BCUT2D eigenvalue weighted by molar-refractivity contribution is 0.478. The number of aromatic amines is 1. The van der Waals surface area contributed by atoms with Crippen LogP contribution in [0.25, 0.3) is 32.1 Å². The molecule has 0 unspecified atom stereocenters. The lowest BCUT2D eigenvalue weighted by Gasteiger charge is -2.10. The summed E-state index contributed by atoms with van der Waals surface area (Å²) in [5, 5.41) is 13.9. The standard InChI is InChI=1S/C16H11N3O2S/c17-12-4-1-8(7-18-12)13-11(20)3-2-10-14(13)9-5-6-22-15(9)16(21)19-10/h1-7,20H,(H2,17,18)(H,19,21). The first-order valence-corrected chi connectivity index (χ1v) is 7.50. The van der Waals surface area contributed by atoms with E-state index in [-0.39, 0.29) is 11.3 Å². The molecule has 0 atom stereocenters. The third-order valence-corrected chi connectivity index (χ3v) is 4.56. The topological polar surface area (TPSA) is 92.0 Å². The third-order valence-electron chi connectivity index (χ3n) is 3.65. The highest BCUT2D eigenvalue weighted by atomic mass is 32.1. The van der Waals surface area contributed by atoms with E-state index < -0.39 is 0 Å². The Morgan fingerprint density at radius 2 is 2.05 bits per heavy atom. The minimum atomic E-state index is -0.121. The summed E-state index contributed by atoms with van der Waals surface area (Å²) in [5.41, 5.74) is 7.58. The molecular weight excluding hydrogens is 298 g/mol. The van der Waals surface area contributed by atoms with Crippen LogP contribution in [-0.4, -0.2) is 15.1 Å². The van der Waals surface area contributed by atoms with Gasteiger partial charge in [-0.15, -0.1) is 11.3 Å². The number of nitrogens with zero attached hydrogens (tertiary/aromatic N) is 1. The molecular formula is C16H11N3O2S. The van der Waals surface area contributed by atoms with E-state index in [1.165, 1.54) is 11.3 Å². The molecule has 1 aromatic carbocycles. The molecule has 0 aliphatic heterocycles. The van der Waals surface area contributed by atoms with Crippen molar-refractivity contribution in [2.45, 2.75) is 0 Å². The molecule has 0 bridgehead atoms. The van der Waals surface area contributed by atoms with Crippen molar-refractivity contribution >= 4 is 38.1 Å². The number of thiophene rings is 1. The number of benzene rings is 1. The predicted octanol–water partition coefficient (Wildman–Crippen LogP) is 3.09. The number of H-pyrrole nitrogens is 1. The van der Waals surface area contributed by atoms with Crippen molar-refractivity contribution in [3.05, 3.63) is 52.3 Å². The van der Waals surface area contributed by atoms with E-state index in [0.29, 0.717) is 21.6 Å². The van der Waals surface area contributed by atoms with Gasteiger partial charge in [0.1, 0.15) is 16.3 Å². The number of phenols is 1. The molecule has 0 fully saturated rings. The van der Waals surface area contributed by atoms with Crippen molar-refractivity contribution in [1.29, 1.82) is 0 Å². The maximum atomic E-state index is 12.1. The number of aromatic hydroxyl groups is 1. The predicted molar refractivity (Wildman–Crippen MR) is 89.3 cm³/mol. The molecule has 0 radical (unpaired) electrons. The van der Waals surface area contributed by atoms with Crippen LogP contribution in [0.3, 0.4) is 0 Å². The van der Waals surface area contributed by atoms with Crippen molar-refractivity contribution in [3.8, 4) is 16.9 Å². The fourth-order valence-corrected chi connectivity index (χ4v) is 3.48. The van der Waals surface area contributed by atoms with E-state index in [1.807, 2.05) is 11.4 Å². The van der Waals surface area contributed by atoms with Gasteiger partial charge in [-0.05, 0) is 35.7 Å². The van der Waals surface area contributed by atoms with Crippen molar-refractivity contribution in [1.82, 2.24) is 9.97 Å². The van der Waals surface area contributed by atoms with Crippen LogP contribution in [0.2, 0.25) is 0 Å². The Bertz CT molecular complexity index is 1060. The number of nitrogens with two attached hydrogens (primary N) is 1. The monoisotopic (exact) mass is 309 g/mol. The van der Waals surface area contributed by atoms with Crippen molar-refractivity contribution in [2.75, 3.05) is 5.73 Å². The normalized spacial score (nSPS) is 11.3. The van der Waals surface area contributed by atoms with E-state index in [4.69, 9.17) is 5.73 Å². The quantitative estimate of drug-likeness (QED) is 0.504. The number of hydrogen-bond donors (Lipinski definition) is 3. The Hall–Kier alpha value is -2.86. The van der Waals surface area contributed by atoms with Gasteiger partial charge in [0.2, 0.25) is 0 Å². The fraction of sp³-hybridized carbons (Fsp3) is 0. The van der Waals surface area contributed by atoms with Crippen LogP contribution in [0.4, 0.5) is 5.82 Å². The molecule has 0 saturated heterocycles. The summed E-state index contributed by atoms with van der Waals surface area (Å²) in [5.74, 6) is 0.552. The first kappa shape index (κ1) is 12.8. The molecule has 3 heterocycles. The summed E-state index contributed by atoms with van der Waals surface area (Å²) in [7, 11) is 0. The van der Waals surface area contributed by atoms with Gasteiger partial charge in [-0.25, -0.2) is 4.98 Å². The highest BCUT2D eigenvalue weighted by molar-refractivity contribution is 7.17. The van der Waals surface area contributed by atoms with Gasteiger partial charge < -0.3 is 15.8 Å². The first-order valence-electron chi connectivity index (χ1n) is 6.62. The Morgan fingerprint density at radius 1 is 1.18 bits per heavy atom. The van der Waals surface area contributed by atoms with Gasteiger partial charge in [0, 0.05) is 33.6 Å². The van der Waals surface area contributed by atoms with Crippen LogP contribution in [0.15, 0.2) is 46.7 Å². The Morgan fingerprint density at radius 3 is 2.82 bits per heavy atom. The van der Waals surface area contributed by atoms with Gasteiger partial charge in [0.25, 0.3) is 5.56 Å². The molecule has 108 valence electrons. The highest BCUT2D eigenvalue weighted by Gasteiger charge is 2.15. The zero-order valence-electron chi connectivity index (χ0n) is 11.3. The Balaban J connectivity index is 2.21. The molecule has 0 saturated carbocycles. The lowest BCUT2D eigenvalue weighted by Crippen LogP contribution is -2.04. The summed E-state index contributed by atoms with van der Waals surface area (Å²) >= 11 is 1.38. The SMILES string of the molecule is Nc1ccc(-c2c(O)ccc3[nH]c(=O)c4sccc4c23)cn1. The Labute approximate surface area is 128 Å². The molecule has 4 N–H and O–H groups in total. The molecule has 4 rings (SSSR count). The van der Waals surface area contributed by atoms with E-state index in [0.717, 1.165) is 16.3 Å². The first-order chi connectivity index (χ1) is 10.6. The number of fused-ring (bicyclic) bond motifs is 3. The van der Waals surface area contributed by atoms with E-state index in [9.17, 15) is 9.90 Å². The second-order valence-electron chi connectivity index (χ2n) is 4.97. The fourth-order valence-electron chi connectivity index (χ4n) is 2.68. The minimum Gasteiger partial charge on any atom is -0.507 e. The van der Waals surface area contributed by atoms with Gasteiger partial charge in [-0.1, -0.05) is 0 Å². The molecule has 22 heavy (non-hydrogen) atoms. The molecule has 5 nitrogen and oxygen atoms in total. The Kier molecular flexibility index (Phi) is 2.67. The summed E-state index contributed by atoms with van der Waals surface area (Å²) in [6.45, 7) is 0. The van der Waals surface area contributed by atoms with Gasteiger partial charge in [0.15, 0.2) is 0 Å². The summed E-state index contributed by atoms with van der Waals surface area (Å²) in [6.07, 6.45) is 1.62. The van der Waals surface area contributed by atoms with Crippen LogP contribution in [0.1, 0.15) is 0 Å². The number of nitrogen functional groups attached to an aromatic ring is 1. The smallest absolute Gasteiger partial charge is 0.266 e. The molecule has 4 aromatic rings. The summed E-state index contributed by atoms with van der Waals surface area (Å²) < 4.78 is 0.641. The second kappa shape index (κ2) is 4.57. The maximum Gasteiger partial charge on any atom is 0.266 e. The van der Waals surface area contributed by atoms with E-state index in [2.05, 4.69) is 9.97 Å². The number of nitrogens with one attached hydrogen (secondary N) is 1. The molecule has 3 aromatic heterocycles. The van der Waals surface area contributed by atoms with Crippen LogP contribution < -0.4 is 11.3 Å². The zero-order chi connectivity index (χ0) is 15.3. The zero-order valence-corrected chi connectivity index (χ0v) is 12.1. The van der Waals surface area contributed by atoms with Crippen LogP contribution in [0, 0.1) is 0 Å². The largest absolute Gasteiger partial charge is 0.507 e. The van der Waals surface area contributed by atoms with Gasteiger partial charge in [-0.2, -0.15) is 0 Å². The molecule has 6 heteroatoms. The van der Waals surface area contributed by atoms with E-state index in [1.54, 1.807) is 30.5 Å². The minimum absolute atomic E-state index is 0.121. The maximum absolute atomic E-state index is 12.1. The number of rotatable bonds is 1. The van der Waals surface area contributed by atoms with Gasteiger partial charge >= 0.3 is 0 Å². The van der Waals surface area contributed by atoms with Crippen LogP contribution in [-0.2, 0) is 0 Å². The average Bonchev–Trinajstić information content (AvgIpc) is 2.99. The van der Waals surface area contributed by atoms with Crippen molar-refractivity contribution < 1.29 is 5.11 Å². The van der Waals surface area contributed by atoms with Gasteiger partial charge in [-0.3, -0.25) is 4.79 Å². The van der Waals surface area contributed by atoms with Crippen LogP contribution >= 0.6 is 11.3 Å².